The van der Waals surface area contributed by atoms with Crippen molar-refractivity contribution in [1.29, 1.82) is 0 Å². The van der Waals surface area contributed by atoms with E-state index in [1.54, 1.807) is 0 Å². The van der Waals surface area contributed by atoms with E-state index < -0.39 is 15.8 Å². The molecule has 1 saturated carbocycles. The molecule has 106 valence electrons. The van der Waals surface area contributed by atoms with E-state index in [2.05, 4.69) is 11.6 Å². The molecule has 19 heavy (non-hydrogen) atoms. The summed E-state index contributed by atoms with van der Waals surface area (Å²) in [6, 6.07) is 1.88. The Morgan fingerprint density at radius 1 is 1.42 bits per heavy atom. The Labute approximate surface area is 117 Å². The Balaban J connectivity index is 2.27. The van der Waals surface area contributed by atoms with Crippen LogP contribution < -0.4 is 10.5 Å². The molecule has 0 aliphatic heterocycles. The first-order valence-corrected chi connectivity index (χ1v) is 7.92. The number of nitrogens with one attached hydrogen (secondary N) is 1. The second-order valence-corrected chi connectivity index (χ2v) is 7.13. The molecule has 0 amide bonds. The second kappa shape index (κ2) is 5.26. The highest BCUT2D eigenvalue weighted by Crippen LogP contribution is 2.29. The van der Waals surface area contributed by atoms with Gasteiger partial charge in [0.05, 0.1) is 10.7 Å². The Bertz CT molecular complexity index is 592. The highest BCUT2D eigenvalue weighted by molar-refractivity contribution is 7.89. The van der Waals surface area contributed by atoms with Gasteiger partial charge in [-0.2, -0.15) is 0 Å². The fourth-order valence-corrected chi connectivity index (χ4v) is 4.18. The van der Waals surface area contributed by atoms with Crippen molar-refractivity contribution >= 4 is 27.3 Å². The largest absolute Gasteiger partial charge is 0.396 e. The van der Waals surface area contributed by atoms with E-state index in [-0.39, 0.29) is 21.6 Å². The van der Waals surface area contributed by atoms with Crippen molar-refractivity contribution < 1.29 is 12.8 Å². The third kappa shape index (κ3) is 3.19. The number of nitrogens with two attached hydrogens (primary N) is 1. The third-order valence-electron chi connectivity index (χ3n) is 3.36. The normalized spacial score (nSPS) is 23.7. The predicted octanol–water partition coefficient (Wildman–Crippen LogP) is 2.53. The molecule has 0 saturated heterocycles. The van der Waals surface area contributed by atoms with Crippen LogP contribution in [0.4, 0.5) is 10.1 Å². The van der Waals surface area contributed by atoms with Crippen LogP contribution in [-0.2, 0) is 10.0 Å². The first kappa shape index (κ1) is 14.6. The summed E-state index contributed by atoms with van der Waals surface area (Å²) in [5.74, 6) is -0.222. The summed E-state index contributed by atoms with van der Waals surface area (Å²) in [7, 11) is -3.77. The SMILES string of the molecule is CC1CCC(NS(=O)(=O)c2cc(N)c(F)cc2Cl)C1. The van der Waals surface area contributed by atoms with Crippen LogP contribution in [-0.4, -0.2) is 14.5 Å². The highest BCUT2D eigenvalue weighted by Gasteiger charge is 2.28. The summed E-state index contributed by atoms with van der Waals surface area (Å²) < 4.78 is 40.2. The minimum atomic E-state index is -3.77. The van der Waals surface area contributed by atoms with Crippen LogP contribution in [0.2, 0.25) is 5.02 Å². The van der Waals surface area contributed by atoms with Crippen LogP contribution >= 0.6 is 11.6 Å². The lowest BCUT2D eigenvalue weighted by atomic mass is 10.1. The van der Waals surface area contributed by atoms with Crippen LogP contribution in [0, 0.1) is 11.7 Å². The second-order valence-electron chi connectivity index (χ2n) is 5.04. The standard InChI is InChI=1S/C12H16ClFN2O2S/c1-7-2-3-8(4-7)16-19(17,18)12-6-11(15)10(14)5-9(12)13/h5-8,16H,2-4,15H2,1H3. The number of halogens is 2. The summed E-state index contributed by atoms with van der Waals surface area (Å²) in [4.78, 5) is -0.174. The lowest BCUT2D eigenvalue weighted by Crippen LogP contribution is -2.33. The van der Waals surface area contributed by atoms with Gasteiger partial charge in [0, 0.05) is 6.04 Å². The maximum Gasteiger partial charge on any atom is 0.242 e. The highest BCUT2D eigenvalue weighted by atomic mass is 35.5. The van der Waals surface area contributed by atoms with Gasteiger partial charge in [-0.25, -0.2) is 17.5 Å². The Morgan fingerprint density at radius 3 is 2.68 bits per heavy atom. The molecule has 0 bridgehead atoms. The summed E-state index contributed by atoms with van der Waals surface area (Å²) in [5.41, 5.74) is 5.16. The molecule has 0 spiro atoms. The van der Waals surface area contributed by atoms with Gasteiger partial charge in [0.15, 0.2) is 0 Å². The first-order chi connectivity index (χ1) is 8.79. The van der Waals surface area contributed by atoms with Crippen molar-refractivity contribution in [3.8, 4) is 0 Å². The number of nitrogen functional groups attached to an aromatic ring is 1. The molecule has 1 aromatic carbocycles. The lowest BCUT2D eigenvalue weighted by molar-refractivity contribution is 0.538. The van der Waals surface area contributed by atoms with Crippen LogP contribution in [0.3, 0.4) is 0 Å². The van der Waals surface area contributed by atoms with Gasteiger partial charge in [0.2, 0.25) is 10.0 Å². The number of rotatable bonds is 3. The zero-order chi connectivity index (χ0) is 14.2. The molecule has 0 aromatic heterocycles. The van der Waals surface area contributed by atoms with Crippen molar-refractivity contribution in [2.24, 2.45) is 5.92 Å². The summed E-state index contributed by atoms with van der Waals surface area (Å²) >= 11 is 5.79. The van der Waals surface area contributed by atoms with Gasteiger partial charge in [-0.3, -0.25) is 0 Å². The van der Waals surface area contributed by atoms with Gasteiger partial charge >= 0.3 is 0 Å². The molecule has 4 nitrogen and oxygen atoms in total. The smallest absolute Gasteiger partial charge is 0.242 e. The van der Waals surface area contributed by atoms with Crippen molar-refractivity contribution in [2.75, 3.05) is 5.73 Å². The van der Waals surface area contributed by atoms with Crippen molar-refractivity contribution in [3.05, 3.63) is 23.0 Å². The number of anilines is 1. The van der Waals surface area contributed by atoms with Crippen LogP contribution in [0.5, 0.6) is 0 Å². The molecule has 2 unspecified atom stereocenters. The monoisotopic (exact) mass is 306 g/mol. The van der Waals surface area contributed by atoms with Crippen LogP contribution in [0.25, 0.3) is 0 Å². The molecular weight excluding hydrogens is 291 g/mol. The molecule has 1 aliphatic rings. The summed E-state index contributed by atoms with van der Waals surface area (Å²) in [6.45, 7) is 2.08. The van der Waals surface area contributed by atoms with E-state index in [0.717, 1.165) is 31.4 Å². The zero-order valence-corrected chi connectivity index (χ0v) is 12.1. The van der Waals surface area contributed by atoms with E-state index in [1.165, 1.54) is 0 Å². The lowest BCUT2D eigenvalue weighted by Gasteiger charge is -2.14. The maximum absolute atomic E-state index is 13.2. The molecule has 0 radical (unpaired) electrons. The number of hydrogen-bond acceptors (Lipinski definition) is 3. The average molecular weight is 307 g/mol. The van der Waals surface area contributed by atoms with E-state index in [1.807, 2.05) is 0 Å². The van der Waals surface area contributed by atoms with Gasteiger partial charge in [-0.05, 0) is 37.3 Å². The number of hydrogen-bond donors (Lipinski definition) is 2. The van der Waals surface area contributed by atoms with Gasteiger partial charge in [-0.15, -0.1) is 0 Å². The molecule has 7 heteroatoms. The van der Waals surface area contributed by atoms with Gasteiger partial charge < -0.3 is 5.73 Å². The summed E-state index contributed by atoms with van der Waals surface area (Å²) in [6.07, 6.45) is 2.59. The van der Waals surface area contributed by atoms with E-state index in [4.69, 9.17) is 17.3 Å². The Hall–Kier alpha value is -0.850. The zero-order valence-electron chi connectivity index (χ0n) is 10.5. The molecule has 1 aliphatic carbocycles. The van der Waals surface area contributed by atoms with E-state index in [0.29, 0.717) is 5.92 Å². The topological polar surface area (TPSA) is 72.2 Å². The molecule has 1 fully saturated rings. The van der Waals surface area contributed by atoms with Crippen LogP contribution in [0.1, 0.15) is 26.2 Å². The van der Waals surface area contributed by atoms with Gasteiger partial charge in [0.25, 0.3) is 0 Å². The van der Waals surface area contributed by atoms with E-state index in [9.17, 15) is 12.8 Å². The van der Waals surface area contributed by atoms with Crippen molar-refractivity contribution in [1.82, 2.24) is 4.72 Å². The van der Waals surface area contributed by atoms with Crippen molar-refractivity contribution in [3.63, 3.8) is 0 Å². The minimum absolute atomic E-state index is 0.0951. The van der Waals surface area contributed by atoms with Gasteiger partial charge in [0.1, 0.15) is 10.7 Å². The van der Waals surface area contributed by atoms with Crippen molar-refractivity contribution in [2.45, 2.75) is 37.1 Å². The number of benzene rings is 1. The Kier molecular flexibility index (Phi) is 4.03. The quantitative estimate of drug-likeness (QED) is 0.843. The molecule has 2 rings (SSSR count). The van der Waals surface area contributed by atoms with Crippen LogP contribution in [0.15, 0.2) is 17.0 Å². The first-order valence-electron chi connectivity index (χ1n) is 6.06. The number of sulfonamides is 1. The molecule has 2 atom stereocenters. The minimum Gasteiger partial charge on any atom is -0.396 e. The molecular formula is C12H16ClFN2O2S. The fourth-order valence-electron chi connectivity index (χ4n) is 2.35. The fraction of sp³-hybridized carbons (Fsp3) is 0.500. The summed E-state index contributed by atoms with van der Waals surface area (Å²) in [5, 5.41) is -0.162. The average Bonchev–Trinajstić information content (AvgIpc) is 2.68. The molecule has 1 aromatic rings. The van der Waals surface area contributed by atoms with Gasteiger partial charge in [-0.1, -0.05) is 18.5 Å². The molecule has 3 N–H and O–H groups in total. The predicted molar refractivity (Wildman–Crippen MR) is 72.9 cm³/mol. The molecule has 0 heterocycles. The maximum atomic E-state index is 13.2. The third-order valence-corrected chi connectivity index (χ3v) is 5.34. The Morgan fingerprint density at radius 2 is 2.11 bits per heavy atom. The van der Waals surface area contributed by atoms with E-state index >= 15 is 0 Å².